The van der Waals surface area contributed by atoms with E-state index in [-0.39, 0.29) is 6.10 Å². The number of nitrogens with one attached hydrogen (secondary N) is 2. The molecule has 0 bridgehead atoms. The third-order valence-electron chi connectivity index (χ3n) is 4.92. The number of aliphatic imine (C=N–C) groups is 1. The number of ether oxygens (including phenoxy) is 1. The quantitative estimate of drug-likeness (QED) is 0.595. The van der Waals surface area contributed by atoms with Crippen LogP contribution in [-0.2, 0) is 0 Å². The molecule has 1 aliphatic rings. The first-order valence-corrected chi connectivity index (χ1v) is 10.0. The summed E-state index contributed by atoms with van der Waals surface area (Å²) in [5.74, 6) is 2.78. The van der Waals surface area contributed by atoms with Crippen molar-refractivity contribution in [1.82, 2.24) is 15.6 Å². The summed E-state index contributed by atoms with van der Waals surface area (Å²) in [5, 5.41) is 6.92. The Balaban J connectivity index is 1.41. The molecule has 1 atom stereocenters. The van der Waals surface area contributed by atoms with Crippen LogP contribution in [0.4, 0.5) is 5.82 Å². The summed E-state index contributed by atoms with van der Waals surface area (Å²) in [6.45, 7) is 6.81. The van der Waals surface area contributed by atoms with E-state index in [1.54, 1.807) is 0 Å². The van der Waals surface area contributed by atoms with E-state index in [9.17, 15) is 0 Å². The largest absolute Gasteiger partial charge is 0.489 e. The summed E-state index contributed by atoms with van der Waals surface area (Å²) in [4.78, 5) is 11.3. The molecule has 0 amide bonds. The molecular weight excluding hydrogens is 350 g/mol. The van der Waals surface area contributed by atoms with Crippen molar-refractivity contribution in [1.29, 1.82) is 0 Å². The average molecular weight is 382 g/mol. The number of anilines is 1. The number of rotatable bonds is 6. The van der Waals surface area contributed by atoms with E-state index in [0.717, 1.165) is 43.5 Å². The van der Waals surface area contributed by atoms with E-state index in [4.69, 9.17) is 4.74 Å². The van der Waals surface area contributed by atoms with Crippen LogP contribution < -0.4 is 20.3 Å². The maximum absolute atomic E-state index is 5.91. The molecule has 6 heteroatoms. The number of hydrogen-bond acceptors (Lipinski definition) is 4. The number of aryl methyl sites for hydroxylation is 1. The van der Waals surface area contributed by atoms with E-state index in [0.29, 0.717) is 12.6 Å². The number of benzene rings is 1. The monoisotopic (exact) mass is 381 g/mol. The lowest BCUT2D eigenvalue weighted by Crippen LogP contribution is -2.50. The van der Waals surface area contributed by atoms with Gasteiger partial charge in [0.05, 0.1) is 6.54 Å². The Morgan fingerprint density at radius 2 is 1.96 bits per heavy atom. The van der Waals surface area contributed by atoms with Crippen LogP contribution in [0, 0.1) is 6.92 Å². The maximum Gasteiger partial charge on any atom is 0.191 e. The smallest absolute Gasteiger partial charge is 0.191 e. The Morgan fingerprint density at radius 3 is 2.61 bits per heavy atom. The Kier molecular flexibility index (Phi) is 7.12. The minimum Gasteiger partial charge on any atom is -0.489 e. The molecule has 1 aromatic heterocycles. The molecule has 0 aliphatic carbocycles. The first-order valence-electron chi connectivity index (χ1n) is 10.0. The SMILES string of the molecule is CN=C(NCC(C)Oc1ccccc1)NC1CCN(c2ccc(C)cn2)CC1. The van der Waals surface area contributed by atoms with E-state index < -0.39 is 0 Å². The Morgan fingerprint density at radius 1 is 1.21 bits per heavy atom. The molecule has 1 aliphatic heterocycles. The third-order valence-corrected chi connectivity index (χ3v) is 4.92. The predicted molar refractivity (Wildman–Crippen MR) is 115 cm³/mol. The molecule has 150 valence electrons. The number of guanidine groups is 1. The first kappa shape index (κ1) is 20.0. The van der Waals surface area contributed by atoms with Gasteiger partial charge >= 0.3 is 0 Å². The lowest BCUT2D eigenvalue weighted by Gasteiger charge is -2.34. The van der Waals surface area contributed by atoms with Gasteiger partial charge in [-0.25, -0.2) is 4.98 Å². The normalized spacial score (nSPS) is 16.5. The topological polar surface area (TPSA) is 61.8 Å². The summed E-state index contributed by atoms with van der Waals surface area (Å²) in [6.07, 6.45) is 4.11. The van der Waals surface area contributed by atoms with E-state index in [1.165, 1.54) is 5.56 Å². The van der Waals surface area contributed by atoms with Crippen molar-refractivity contribution in [3.63, 3.8) is 0 Å². The van der Waals surface area contributed by atoms with Crippen molar-refractivity contribution in [2.24, 2.45) is 4.99 Å². The summed E-state index contributed by atoms with van der Waals surface area (Å²) >= 11 is 0. The number of aromatic nitrogens is 1. The standard InChI is InChI=1S/C22H31N5O/c1-17-9-10-21(24-15-17)27-13-11-19(12-14-27)26-22(23-3)25-16-18(2)28-20-7-5-4-6-8-20/h4-10,15,18-19H,11-14,16H2,1-3H3,(H2,23,25,26). The lowest BCUT2D eigenvalue weighted by molar-refractivity contribution is 0.223. The van der Waals surface area contributed by atoms with E-state index in [2.05, 4.69) is 51.5 Å². The van der Waals surface area contributed by atoms with Gasteiger partial charge in [0.15, 0.2) is 5.96 Å². The van der Waals surface area contributed by atoms with Gasteiger partial charge in [-0.05, 0) is 50.5 Å². The lowest BCUT2D eigenvalue weighted by atomic mass is 10.1. The molecule has 3 rings (SSSR count). The van der Waals surface area contributed by atoms with Gasteiger partial charge in [0, 0.05) is 32.4 Å². The molecule has 0 spiro atoms. The van der Waals surface area contributed by atoms with Gasteiger partial charge in [-0.2, -0.15) is 0 Å². The molecule has 6 nitrogen and oxygen atoms in total. The Labute approximate surface area is 168 Å². The van der Waals surface area contributed by atoms with Crippen LogP contribution in [0.25, 0.3) is 0 Å². The summed E-state index contributed by atoms with van der Waals surface area (Å²) < 4.78 is 5.91. The van der Waals surface area contributed by atoms with Gasteiger partial charge in [0.1, 0.15) is 17.7 Å². The number of hydrogen-bond donors (Lipinski definition) is 2. The van der Waals surface area contributed by atoms with Gasteiger partial charge in [-0.1, -0.05) is 24.3 Å². The second-order valence-corrected chi connectivity index (χ2v) is 7.29. The molecule has 2 N–H and O–H groups in total. The Hall–Kier alpha value is -2.76. The van der Waals surface area contributed by atoms with Crippen LogP contribution >= 0.6 is 0 Å². The van der Waals surface area contributed by atoms with Crippen molar-refractivity contribution in [2.75, 3.05) is 31.6 Å². The fourth-order valence-corrected chi connectivity index (χ4v) is 3.30. The molecule has 2 aromatic rings. The molecule has 1 aromatic carbocycles. The zero-order valence-corrected chi connectivity index (χ0v) is 17.1. The molecule has 1 saturated heterocycles. The maximum atomic E-state index is 5.91. The molecule has 1 fully saturated rings. The molecule has 0 saturated carbocycles. The van der Waals surface area contributed by atoms with Crippen LogP contribution in [0.2, 0.25) is 0 Å². The van der Waals surface area contributed by atoms with E-state index in [1.807, 2.05) is 43.6 Å². The van der Waals surface area contributed by atoms with Crippen molar-refractivity contribution in [3.05, 3.63) is 54.2 Å². The highest BCUT2D eigenvalue weighted by Crippen LogP contribution is 2.18. The van der Waals surface area contributed by atoms with Crippen LogP contribution in [-0.4, -0.2) is 49.8 Å². The number of pyridine rings is 1. The average Bonchev–Trinajstić information content (AvgIpc) is 2.73. The Bertz CT molecular complexity index is 739. The van der Waals surface area contributed by atoms with E-state index >= 15 is 0 Å². The molecular formula is C22H31N5O. The van der Waals surface area contributed by atoms with Crippen LogP contribution in [0.1, 0.15) is 25.3 Å². The van der Waals surface area contributed by atoms with Crippen molar-refractivity contribution in [3.8, 4) is 5.75 Å². The highest BCUT2D eigenvalue weighted by atomic mass is 16.5. The molecule has 2 heterocycles. The van der Waals surface area contributed by atoms with Crippen molar-refractivity contribution >= 4 is 11.8 Å². The van der Waals surface area contributed by atoms with Crippen molar-refractivity contribution in [2.45, 2.75) is 38.8 Å². The fourth-order valence-electron chi connectivity index (χ4n) is 3.30. The number of piperidine rings is 1. The van der Waals surface area contributed by atoms with Gasteiger partial charge < -0.3 is 20.3 Å². The number of nitrogens with zero attached hydrogens (tertiary/aromatic N) is 3. The molecule has 28 heavy (non-hydrogen) atoms. The minimum atomic E-state index is 0.0513. The second-order valence-electron chi connectivity index (χ2n) is 7.29. The summed E-state index contributed by atoms with van der Waals surface area (Å²) in [7, 11) is 1.81. The second kappa shape index (κ2) is 9.97. The van der Waals surface area contributed by atoms with Crippen LogP contribution in [0.3, 0.4) is 0 Å². The predicted octanol–water partition coefficient (Wildman–Crippen LogP) is 2.99. The van der Waals surface area contributed by atoms with Gasteiger partial charge in [0.25, 0.3) is 0 Å². The van der Waals surface area contributed by atoms with Gasteiger partial charge in [-0.15, -0.1) is 0 Å². The van der Waals surface area contributed by atoms with Gasteiger partial charge in [0.2, 0.25) is 0 Å². The van der Waals surface area contributed by atoms with Crippen molar-refractivity contribution < 1.29 is 4.74 Å². The summed E-state index contributed by atoms with van der Waals surface area (Å²) in [6, 6.07) is 14.5. The highest BCUT2D eigenvalue weighted by molar-refractivity contribution is 5.80. The number of para-hydroxylation sites is 1. The zero-order valence-electron chi connectivity index (χ0n) is 17.1. The third kappa shape index (κ3) is 5.87. The molecule has 0 radical (unpaired) electrons. The zero-order chi connectivity index (χ0) is 19.8. The van der Waals surface area contributed by atoms with Gasteiger partial charge in [-0.3, -0.25) is 4.99 Å². The highest BCUT2D eigenvalue weighted by Gasteiger charge is 2.21. The van der Waals surface area contributed by atoms with Crippen LogP contribution in [0.15, 0.2) is 53.7 Å². The first-order chi connectivity index (χ1) is 13.6. The molecule has 1 unspecified atom stereocenters. The summed E-state index contributed by atoms with van der Waals surface area (Å²) in [5.41, 5.74) is 1.20. The minimum absolute atomic E-state index is 0.0513. The fraction of sp³-hybridized carbons (Fsp3) is 0.455. The van der Waals surface area contributed by atoms with Crippen LogP contribution in [0.5, 0.6) is 5.75 Å².